The van der Waals surface area contributed by atoms with Crippen molar-refractivity contribution in [1.82, 2.24) is 15.2 Å². The Morgan fingerprint density at radius 1 is 1.19 bits per heavy atom. The van der Waals surface area contributed by atoms with E-state index in [1.54, 1.807) is 0 Å². The summed E-state index contributed by atoms with van der Waals surface area (Å²) in [6.45, 7) is 2.28. The summed E-state index contributed by atoms with van der Waals surface area (Å²) in [5, 5.41) is 4.30. The van der Waals surface area contributed by atoms with Gasteiger partial charge < -0.3 is 10.3 Å². The summed E-state index contributed by atoms with van der Waals surface area (Å²) in [7, 11) is -2.85. The molecular formula is C20H27N3O3S. The van der Waals surface area contributed by atoms with Crippen molar-refractivity contribution in [3.05, 3.63) is 36.0 Å². The summed E-state index contributed by atoms with van der Waals surface area (Å²) >= 11 is 0. The van der Waals surface area contributed by atoms with Crippen LogP contribution in [0.2, 0.25) is 0 Å². The monoisotopic (exact) mass is 389 g/mol. The second-order valence-corrected chi connectivity index (χ2v) is 10.00. The first-order chi connectivity index (χ1) is 13.0. The molecular weight excluding hydrogens is 362 g/mol. The molecule has 4 rings (SSSR count). The first kappa shape index (κ1) is 18.5. The number of amides is 1. The molecule has 1 aromatic carbocycles. The number of para-hydroxylation sites is 1. The number of sulfone groups is 1. The zero-order valence-corrected chi connectivity index (χ0v) is 16.3. The van der Waals surface area contributed by atoms with Crippen LogP contribution in [0.1, 0.15) is 24.8 Å². The lowest BCUT2D eigenvalue weighted by Gasteiger charge is -2.34. The van der Waals surface area contributed by atoms with Crippen molar-refractivity contribution in [2.45, 2.75) is 31.7 Å². The molecule has 0 bridgehead atoms. The maximum atomic E-state index is 12.5. The Labute approximate surface area is 160 Å². The molecule has 1 amide bonds. The first-order valence-electron chi connectivity index (χ1n) is 9.79. The van der Waals surface area contributed by atoms with Crippen LogP contribution in [0.4, 0.5) is 0 Å². The number of likely N-dealkylation sites (tertiary alicyclic amines) is 1. The van der Waals surface area contributed by atoms with Crippen LogP contribution in [0.15, 0.2) is 30.5 Å². The molecule has 2 aliphatic heterocycles. The Hall–Kier alpha value is -1.86. The number of nitrogens with zero attached hydrogens (tertiary/aromatic N) is 1. The summed E-state index contributed by atoms with van der Waals surface area (Å²) < 4.78 is 23.3. The molecule has 146 valence electrons. The van der Waals surface area contributed by atoms with Gasteiger partial charge in [0.1, 0.15) is 0 Å². The summed E-state index contributed by atoms with van der Waals surface area (Å²) in [6.07, 6.45) is 5.20. The molecule has 1 unspecified atom stereocenters. The van der Waals surface area contributed by atoms with Gasteiger partial charge in [-0.1, -0.05) is 18.2 Å². The van der Waals surface area contributed by atoms with E-state index >= 15 is 0 Å². The lowest BCUT2D eigenvalue weighted by molar-refractivity contribution is -0.126. The third kappa shape index (κ3) is 4.19. The number of aromatic nitrogens is 1. The zero-order valence-electron chi connectivity index (χ0n) is 15.5. The van der Waals surface area contributed by atoms with Gasteiger partial charge in [0.15, 0.2) is 9.84 Å². The van der Waals surface area contributed by atoms with Crippen molar-refractivity contribution in [3.63, 3.8) is 0 Å². The third-order valence-corrected chi connectivity index (χ3v) is 7.74. The van der Waals surface area contributed by atoms with E-state index in [1.165, 1.54) is 10.9 Å². The fourth-order valence-electron chi connectivity index (χ4n) is 4.39. The Morgan fingerprint density at radius 3 is 2.70 bits per heavy atom. The fourth-order valence-corrected chi connectivity index (χ4v) is 6.15. The molecule has 3 heterocycles. The maximum Gasteiger partial charge on any atom is 0.223 e. The summed E-state index contributed by atoms with van der Waals surface area (Å²) in [4.78, 5) is 18.0. The second kappa shape index (κ2) is 7.64. The van der Waals surface area contributed by atoms with Crippen molar-refractivity contribution < 1.29 is 13.2 Å². The Kier molecular flexibility index (Phi) is 5.23. The number of rotatable bonds is 5. The predicted octanol–water partition coefficient (Wildman–Crippen LogP) is 1.73. The predicted molar refractivity (Wildman–Crippen MR) is 106 cm³/mol. The van der Waals surface area contributed by atoms with E-state index in [9.17, 15) is 13.2 Å². The average molecular weight is 390 g/mol. The van der Waals surface area contributed by atoms with E-state index in [0.29, 0.717) is 12.3 Å². The minimum atomic E-state index is -2.85. The highest BCUT2D eigenvalue weighted by Gasteiger charge is 2.35. The van der Waals surface area contributed by atoms with E-state index in [2.05, 4.69) is 27.3 Å². The molecule has 7 heteroatoms. The smallest absolute Gasteiger partial charge is 0.223 e. The van der Waals surface area contributed by atoms with Crippen LogP contribution in [0.3, 0.4) is 0 Å². The molecule has 2 aromatic rings. The number of carbonyl (C=O) groups excluding carboxylic acids is 1. The van der Waals surface area contributed by atoms with Crippen LogP contribution in [0.5, 0.6) is 0 Å². The standard InChI is InChI=1S/C20H27N3O3S/c24-20(21-9-5-16-13-22-19-4-2-1-3-18(16)19)15-6-10-23(11-7-15)17-8-12-27(25,26)14-17/h1-4,13,15,17,22H,5-12,14H2,(H,21,24). The Balaban J connectivity index is 1.23. The number of nitrogens with one attached hydrogen (secondary N) is 2. The maximum absolute atomic E-state index is 12.5. The molecule has 27 heavy (non-hydrogen) atoms. The Morgan fingerprint density at radius 2 is 1.96 bits per heavy atom. The van der Waals surface area contributed by atoms with Crippen LogP contribution in [-0.4, -0.2) is 61.4 Å². The number of hydrogen-bond acceptors (Lipinski definition) is 4. The van der Waals surface area contributed by atoms with Gasteiger partial charge >= 0.3 is 0 Å². The van der Waals surface area contributed by atoms with E-state index < -0.39 is 9.84 Å². The van der Waals surface area contributed by atoms with Gasteiger partial charge in [-0.05, 0) is 50.4 Å². The molecule has 2 saturated heterocycles. The molecule has 2 fully saturated rings. The molecule has 6 nitrogen and oxygen atoms in total. The van der Waals surface area contributed by atoms with Gasteiger partial charge in [0.2, 0.25) is 5.91 Å². The van der Waals surface area contributed by atoms with Gasteiger partial charge in [0, 0.05) is 35.6 Å². The molecule has 0 radical (unpaired) electrons. The van der Waals surface area contributed by atoms with Crippen LogP contribution in [-0.2, 0) is 21.1 Å². The number of carbonyl (C=O) groups is 1. The van der Waals surface area contributed by atoms with E-state index in [-0.39, 0.29) is 23.6 Å². The quantitative estimate of drug-likeness (QED) is 0.816. The van der Waals surface area contributed by atoms with Gasteiger partial charge in [0.05, 0.1) is 11.5 Å². The molecule has 2 aliphatic rings. The van der Waals surface area contributed by atoms with Gasteiger partial charge in [-0.15, -0.1) is 0 Å². The fraction of sp³-hybridized carbons (Fsp3) is 0.550. The number of H-pyrrole nitrogens is 1. The topological polar surface area (TPSA) is 82.3 Å². The third-order valence-electron chi connectivity index (χ3n) is 5.99. The van der Waals surface area contributed by atoms with Crippen LogP contribution in [0.25, 0.3) is 10.9 Å². The molecule has 0 saturated carbocycles. The van der Waals surface area contributed by atoms with E-state index in [1.807, 2.05) is 18.3 Å². The van der Waals surface area contributed by atoms with E-state index in [0.717, 1.165) is 44.3 Å². The second-order valence-electron chi connectivity index (χ2n) is 7.77. The SMILES string of the molecule is O=C(NCCc1c[nH]c2ccccc12)C1CCN(C2CCS(=O)(=O)C2)CC1. The number of fused-ring (bicyclic) bond motifs is 1. The number of aromatic amines is 1. The highest BCUT2D eigenvalue weighted by atomic mass is 32.2. The van der Waals surface area contributed by atoms with Crippen LogP contribution < -0.4 is 5.32 Å². The van der Waals surface area contributed by atoms with Crippen molar-refractivity contribution in [2.24, 2.45) is 5.92 Å². The van der Waals surface area contributed by atoms with Crippen molar-refractivity contribution >= 4 is 26.6 Å². The largest absolute Gasteiger partial charge is 0.361 e. The highest BCUT2D eigenvalue weighted by molar-refractivity contribution is 7.91. The normalized spacial score (nSPS) is 23.6. The van der Waals surface area contributed by atoms with Gasteiger partial charge in [-0.2, -0.15) is 0 Å². The number of hydrogen-bond donors (Lipinski definition) is 2. The highest BCUT2D eigenvalue weighted by Crippen LogP contribution is 2.24. The van der Waals surface area contributed by atoms with Crippen LogP contribution in [0, 0.1) is 5.92 Å². The molecule has 0 spiro atoms. The molecule has 1 aromatic heterocycles. The first-order valence-corrected chi connectivity index (χ1v) is 11.6. The average Bonchev–Trinajstić information content (AvgIpc) is 3.25. The minimum absolute atomic E-state index is 0.0437. The molecule has 0 aliphatic carbocycles. The van der Waals surface area contributed by atoms with Gasteiger partial charge in [-0.25, -0.2) is 8.42 Å². The molecule has 1 atom stereocenters. The van der Waals surface area contributed by atoms with Crippen molar-refractivity contribution in [3.8, 4) is 0 Å². The molecule has 2 N–H and O–H groups in total. The summed E-state index contributed by atoms with van der Waals surface area (Å²) in [6, 6.07) is 8.35. The van der Waals surface area contributed by atoms with E-state index in [4.69, 9.17) is 0 Å². The zero-order chi connectivity index (χ0) is 18.9. The van der Waals surface area contributed by atoms with Crippen LogP contribution >= 0.6 is 0 Å². The lowest BCUT2D eigenvalue weighted by atomic mass is 9.94. The number of piperidine rings is 1. The van der Waals surface area contributed by atoms with Crippen molar-refractivity contribution in [1.29, 1.82) is 0 Å². The Bertz CT molecular complexity index is 913. The summed E-state index contributed by atoms with van der Waals surface area (Å²) in [5.41, 5.74) is 2.35. The number of benzene rings is 1. The van der Waals surface area contributed by atoms with Gasteiger partial charge in [-0.3, -0.25) is 9.69 Å². The summed E-state index contributed by atoms with van der Waals surface area (Å²) in [5.74, 6) is 0.774. The van der Waals surface area contributed by atoms with Crippen molar-refractivity contribution in [2.75, 3.05) is 31.1 Å². The van der Waals surface area contributed by atoms with Gasteiger partial charge in [0.25, 0.3) is 0 Å². The lowest BCUT2D eigenvalue weighted by Crippen LogP contribution is -2.45. The minimum Gasteiger partial charge on any atom is -0.361 e.